The van der Waals surface area contributed by atoms with Gasteiger partial charge < -0.3 is 9.84 Å². The molecule has 5 aromatic carbocycles. The van der Waals surface area contributed by atoms with Crippen molar-refractivity contribution in [1.29, 1.82) is 0 Å². The number of rotatable bonds is 8. The monoisotopic (exact) mass is 739 g/mol. The third kappa shape index (κ3) is 5.56. The number of aromatic hydroxyl groups is 1. The lowest BCUT2D eigenvalue weighted by Crippen LogP contribution is -2.58. The summed E-state index contributed by atoms with van der Waals surface area (Å²) in [6, 6.07) is 41.0. The number of benzene rings is 5. The van der Waals surface area contributed by atoms with Gasteiger partial charge in [0.1, 0.15) is 18.1 Å². The van der Waals surface area contributed by atoms with Crippen LogP contribution in [0.2, 0.25) is 0 Å². The zero-order valence-electron chi connectivity index (χ0n) is 31.0. The number of Topliss-reactive ketones (excluding diaryl/α,β-unsaturated/α-hetero) is 1. The highest BCUT2D eigenvalue weighted by Gasteiger charge is 2.66. The van der Waals surface area contributed by atoms with Gasteiger partial charge >= 0.3 is 0 Å². The Hall–Kier alpha value is -6.34. The number of hydrogen-bond acceptors (Lipinski definition) is 6. The number of carbonyl (C=O) groups excluding carboxylic acids is 4. The average molecular weight is 740 g/mol. The van der Waals surface area contributed by atoms with Crippen LogP contribution in [-0.4, -0.2) is 28.5 Å². The van der Waals surface area contributed by atoms with Gasteiger partial charge in [-0.05, 0) is 71.7 Å². The maximum absolute atomic E-state index is 15.3. The van der Waals surface area contributed by atoms with Crippen molar-refractivity contribution >= 4 is 34.6 Å². The first-order valence-electron chi connectivity index (χ1n) is 19.4. The van der Waals surface area contributed by atoms with Gasteiger partial charge in [0.15, 0.2) is 11.6 Å². The van der Waals surface area contributed by atoms with Crippen molar-refractivity contribution in [2.24, 2.45) is 23.7 Å². The van der Waals surface area contributed by atoms with E-state index in [4.69, 9.17) is 4.74 Å². The van der Waals surface area contributed by atoms with Gasteiger partial charge in [0.25, 0.3) is 0 Å². The molecule has 3 aliphatic carbocycles. The van der Waals surface area contributed by atoms with E-state index in [2.05, 4.69) is 6.92 Å². The van der Waals surface area contributed by atoms with Crippen LogP contribution in [0.1, 0.15) is 53.5 Å². The Labute approximate surface area is 326 Å². The van der Waals surface area contributed by atoms with Gasteiger partial charge in [0, 0.05) is 29.0 Å². The smallest absolute Gasteiger partial charge is 0.238 e. The van der Waals surface area contributed by atoms with Gasteiger partial charge in [0.2, 0.25) is 11.8 Å². The SMILES string of the molecule is CCc1ccc(N2C(=O)[C@H]3[C@H](CC=C4[C@H]3C[C@H]3C(=O)C(c5ccccc5)=CC(=O)[C@@]3(c3ccccc3)[C@H]4c3ccc(OCc4ccccc4)cc3O)C2=O)cc1. The first-order chi connectivity index (χ1) is 27.3. The number of imide groups is 1. The standard InChI is InChI=1S/C49H41NO6/c1-2-30-18-20-34(21-19-30)50-47(54)38-25-24-36-40(44(38)48(50)55)27-41-46(53)39(32-14-8-4-9-15-32)28-43(52)49(41,33-16-10-5-11-17-33)45(36)37-23-22-35(26-42(37)51)56-29-31-12-6-3-7-13-31/h3-24,26,28,38,40-41,44-45,51H,2,25,27,29H2,1H3/t38-,40+,41-,44-,45+,49-/m0/s1. The van der Waals surface area contributed by atoms with Gasteiger partial charge in [-0.2, -0.15) is 0 Å². The second-order valence-electron chi connectivity index (χ2n) is 15.3. The molecule has 278 valence electrons. The summed E-state index contributed by atoms with van der Waals surface area (Å²) in [6.45, 7) is 2.35. The molecule has 4 aliphatic rings. The fourth-order valence-corrected chi connectivity index (χ4v) is 9.95. The molecule has 7 nitrogen and oxygen atoms in total. The Balaban J connectivity index is 1.21. The first-order valence-corrected chi connectivity index (χ1v) is 19.4. The lowest BCUT2D eigenvalue weighted by Gasteiger charge is -2.55. The second kappa shape index (κ2) is 14.1. The highest BCUT2D eigenvalue weighted by molar-refractivity contribution is 6.32. The van der Waals surface area contributed by atoms with E-state index in [1.54, 1.807) is 18.2 Å². The normalized spacial score (nSPS) is 25.5. The van der Waals surface area contributed by atoms with E-state index < -0.39 is 35.0 Å². The molecular weight excluding hydrogens is 699 g/mol. The van der Waals surface area contributed by atoms with Crippen LogP contribution in [0.5, 0.6) is 11.5 Å². The van der Waals surface area contributed by atoms with Gasteiger partial charge in [-0.15, -0.1) is 0 Å². The molecule has 9 rings (SSSR count). The van der Waals surface area contributed by atoms with Crippen LogP contribution in [0.15, 0.2) is 151 Å². The van der Waals surface area contributed by atoms with Crippen molar-refractivity contribution < 1.29 is 29.0 Å². The van der Waals surface area contributed by atoms with E-state index in [0.717, 1.165) is 23.1 Å². The Morgan fingerprint density at radius 2 is 1.43 bits per heavy atom. The summed E-state index contributed by atoms with van der Waals surface area (Å²) in [5.74, 6) is -4.26. The predicted octanol–water partition coefficient (Wildman–Crippen LogP) is 8.56. The highest BCUT2D eigenvalue weighted by atomic mass is 16.5. The molecule has 0 unspecified atom stereocenters. The number of allylic oxidation sites excluding steroid dienone is 4. The van der Waals surface area contributed by atoms with Crippen molar-refractivity contribution in [2.45, 2.75) is 44.1 Å². The molecule has 1 N–H and O–H groups in total. The van der Waals surface area contributed by atoms with Crippen LogP contribution < -0.4 is 9.64 Å². The van der Waals surface area contributed by atoms with E-state index in [-0.39, 0.29) is 35.6 Å². The molecule has 1 aliphatic heterocycles. The van der Waals surface area contributed by atoms with Crippen LogP contribution in [0.3, 0.4) is 0 Å². The molecule has 0 aromatic heterocycles. The van der Waals surface area contributed by atoms with E-state index in [1.807, 2.05) is 121 Å². The van der Waals surface area contributed by atoms with E-state index in [1.165, 1.54) is 11.0 Å². The Kier molecular flexibility index (Phi) is 8.88. The minimum atomic E-state index is -1.45. The number of fused-ring (bicyclic) bond motifs is 4. The fraction of sp³-hybridized carbons (Fsp3) is 0.224. The van der Waals surface area contributed by atoms with Crippen molar-refractivity contribution in [1.82, 2.24) is 0 Å². The molecule has 1 heterocycles. The maximum atomic E-state index is 15.3. The minimum absolute atomic E-state index is 0.0807. The lowest BCUT2D eigenvalue weighted by molar-refractivity contribution is -0.135. The number of amides is 2. The molecule has 7 heteroatoms. The number of hydrogen-bond donors (Lipinski definition) is 1. The number of carbonyl (C=O) groups is 4. The van der Waals surface area contributed by atoms with Gasteiger partial charge in [-0.1, -0.05) is 128 Å². The number of aryl methyl sites for hydroxylation is 1. The third-order valence-corrected chi connectivity index (χ3v) is 12.5. The van der Waals surface area contributed by atoms with Crippen molar-refractivity contribution in [3.63, 3.8) is 0 Å². The lowest BCUT2D eigenvalue weighted by atomic mass is 9.44. The summed E-state index contributed by atoms with van der Waals surface area (Å²) in [4.78, 5) is 60.7. The average Bonchev–Trinajstić information content (AvgIpc) is 3.50. The molecule has 1 saturated carbocycles. The van der Waals surface area contributed by atoms with Crippen LogP contribution >= 0.6 is 0 Å². The van der Waals surface area contributed by atoms with Crippen LogP contribution in [0.4, 0.5) is 5.69 Å². The number of ketones is 2. The van der Waals surface area contributed by atoms with Gasteiger partial charge in [-0.3, -0.25) is 24.1 Å². The van der Waals surface area contributed by atoms with Gasteiger partial charge in [-0.25, -0.2) is 0 Å². The number of anilines is 1. The topological polar surface area (TPSA) is 101 Å². The highest BCUT2D eigenvalue weighted by Crippen LogP contribution is 2.64. The molecule has 1 saturated heterocycles. The molecule has 2 fully saturated rings. The summed E-state index contributed by atoms with van der Waals surface area (Å²) in [5.41, 5.74) is 4.03. The second-order valence-corrected chi connectivity index (χ2v) is 15.3. The molecule has 2 amide bonds. The Morgan fingerprint density at radius 3 is 2.11 bits per heavy atom. The predicted molar refractivity (Wildman–Crippen MR) is 214 cm³/mol. The summed E-state index contributed by atoms with van der Waals surface area (Å²) in [6.07, 6.45) is 4.81. The molecule has 56 heavy (non-hydrogen) atoms. The molecule has 5 aromatic rings. The van der Waals surface area contributed by atoms with E-state index in [0.29, 0.717) is 46.7 Å². The zero-order chi connectivity index (χ0) is 38.6. The summed E-state index contributed by atoms with van der Waals surface area (Å²) in [7, 11) is 0. The number of phenols is 1. The molecule has 0 bridgehead atoms. The van der Waals surface area contributed by atoms with Crippen molar-refractivity contribution in [3.8, 4) is 11.5 Å². The Bertz CT molecular complexity index is 2420. The minimum Gasteiger partial charge on any atom is -0.508 e. The maximum Gasteiger partial charge on any atom is 0.238 e. The largest absolute Gasteiger partial charge is 0.508 e. The van der Waals surface area contributed by atoms with Crippen molar-refractivity contribution in [2.75, 3.05) is 4.90 Å². The van der Waals surface area contributed by atoms with Crippen LogP contribution in [0, 0.1) is 23.7 Å². The fourth-order valence-electron chi connectivity index (χ4n) is 9.95. The number of ether oxygens (including phenoxy) is 1. The summed E-state index contributed by atoms with van der Waals surface area (Å²) >= 11 is 0. The van der Waals surface area contributed by atoms with E-state index in [9.17, 15) is 14.7 Å². The molecule has 0 spiro atoms. The Morgan fingerprint density at radius 1 is 0.750 bits per heavy atom. The number of nitrogens with zero attached hydrogens (tertiary/aromatic N) is 1. The summed E-state index contributed by atoms with van der Waals surface area (Å²) < 4.78 is 6.10. The summed E-state index contributed by atoms with van der Waals surface area (Å²) in [5, 5.41) is 12.0. The molecule has 6 atom stereocenters. The number of phenolic OH excluding ortho intramolecular Hbond substituents is 1. The van der Waals surface area contributed by atoms with E-state index >= 15 is 9.59 Å². The molecule has 0 radical (unpaired) electrons. The van der Waals surface area contributed by atoms with Crippen molar-refractivity contribution in [3.05, 3.63) is 179 Å². The zero-order valence-corrected chi connectivity index (χ0v) is 31.0. The van der Waals surface area contributed by atoms with Crippen LogP contribution in [0.25, 0.3) is 5.57 Å². The quantitative estimate of drug-likeness (QED) is 0.127. The first kappa shape index (κ1) is 35.4. The molecular formula is C49H41NO6. The van der Waals surface area contributed by atoms with Crippen LogP contribution in [-0.2, 0) is 37.6 Å². The van der Waals surface area contributed by atoms with Gasteiger partial charge in [0.05, 0.1) is 22.9 Å². The third-order valence-electron chi connectivity index (χ3n) is 12.5.